The molecule has 0 saturated heterocycles. The first-order chi connectivity index (χ1) is 5.67. The van der Waals surface area contributed by atoms with E-state index in [4.69, 9.17) is 5.26 Å². The SMILES string of the molecule is CCC(CSC)N(C)C(C)C#N. The number of thioether (sulfide) groups is 1. The average molecular weight is 186 g/mol. The molecule has 0 radical (unpaired) electrons. The maximum Gasteiger partial charge on any atom is 0.0949 e. The summed E-state index contributed by atoms with van der Waals surface area (Å²) in [5, 5.41) is 8.72. The fourth-order valence-corrected chi connectivity index (χ4v) is 1.98. The van der Waals surface area contributed by atoms with E-state index in [2.05, 4.69) is 24.1 Å². The normalized spacial score (nSPS) is 15.7. The van der Waals surface area contributed by atoms with Crippen molar-refractivity contribution < 1.29 is 0 Å². The van der Waals surface area contributed by atoms with E-state index in [1.807, 2.05) is 25.7 Å². The van der Waals surface area contributed by atoms with Crippen molar-refractivity contribution in [2.45, 2.75) is 32.4 Å². The monoisotopic (exact) mass is 186 g/mol. The van der Waals surface area contributed by atoms with Crippen LogP contribution in [0.15, 0.2) is 0 Å². The third-order valence-corrected chi connectivity index (χ3v) is 2.92. The van der Waals surface area contributed by atoms with Gasteiger partial charge in [0.05, 0.1) is 12.1 Å². The fraction of sp³-hybridized carbons (Fsp3) is 0.889. The number of hydrogen-bond acceptors (Lipinski definition) is 3. The first-order valence-corrected chi connectivity index (χ1v) is 5.67. The molecule has 12 heavy (non-hydrogen) atoms. The minimum absolute atomic E-state index is 0.0297. The van der Waals surface area contributed by atoms with Crippen LogP contribution in [-0.2, 0) is 0 Å². The van der Waals surface area contributed by atoms with Gasteiger partial charge in [-0.05, 0) is 26.6 Å². The molecule has 0 N–H and O–H groups in total. The van der Waals surface area contributed by atoms with E-state index in [-0.39, 0.29) is 6.04 Å². The summed E-state index contributed by atoms with van der Waals surface area (Å²) in [5.74, 6) is 1.11. The highest BCUT2D eigenvalue weighted by Crippen LogP contribution is 2.10. The maximum absolute atomic E-state index is 8.72. The Labute approximate surface area is 79.9 Å². The molecule has 0 saturated carbocycles. The van der Waals surface area contributed by atoms with Gasteiger partial charge in [-0.1, -0.05) is 6.92 Å². The van der Waals surface area contributed by atoms with Crippen LogP contribution in [0.3, 0.4) is 0 Å². The van der Waals surface area contributed by atoms with Gasteiger partial charge in [0, 0.05) is 11.8 Å². The van der Waals surface area contributed by atoms with E-state index >= 15 is 0 Å². The Morgan fingerprint density at radius 3 is 2.50 bits per heavy atom. The molecule has 0 heterocycles. The highest BCUT2D eigenvalue weighted by Gasteiger charge is 2.16. The number of nitriles is 1. The Hall–Kier alpha value is -0.200. The molecular weight excluding hydrogens is 168 g/mol. The summed E-state index contributed by atoms with van der Waals surface area (Å²) in [6.07, 6.45) is 3.22. The molecule has 0 aliphatic rings. The Balaban J connectivity index is 4.02. The second kappa shape index (κ2) is 6.33. The first kappa shape index (κ1) is 11.8. The van der Waals surface area contributed by atoms with Gasteiger partial charge in [-0.25, -0.2) is 0 Å². The van der Waals surface area contributed by atoms with Gasteiger partial charge < -0.3 is 0 Å². The fourth-order valence-electron chi connectivity index (χ4n) is 1.12. The Morgan fingerprint density at radius 1 is 1.58 bits per heavy atom. The lowest BCUT2D eigenvalue weighted by Gasteiger charge is -2.28. The highest BCUT2D eigenvalue weighted by molar-refractivity contribution is 7.98. The topological polar surface area (TPSA) is 27.0 Å². The minimum atomic E-state index is 0.0297. The molecule has 70 valence electrons. The molecule has 2 unspecified atom stereocenters. The Kier molecular flexibility index (Phi) is 6.23. The molecule has 2 atom stereocenters. The average Bonchev–Trinajstić information content (AvgIpc) is 2.11. The van der Waals surface area contributed by atoms with Crippen molar-refractivity contribution in [2.24, 2.45) is 0 Å². The summed E-state index contributed by atoms with van der Waals surface area (Å²) < 4.78 is 0. The van der Waals surface area contributed by atoms with Crippen LogP contribution in [0, 0.1) is 11.3 Å². The molecule has 2 nitrogen and oxygen atoms in total. The summed E-state index contributed by atoms with van der Waals surface area (Å²) in [4.78, 5) is 2.15. The van der Waals surface area contributed by atoms with Crippen LogP contribution in [0.2, 0.25) is 0 Å². The van der Waals surface area contributed by atoms with E-state index in [1.54, 1.807) is 0 Å². The molecule has 3 heteroatoms. The summed E-state index contributed by atoms with van der Waals surface area (Å²) in [5.41, 5.74) is 0. The molecule has 0 amide bonds. The summed E-state index contributed by atoms with van der Waals surface area (Å²) in [7, 11) is 2.03. The van der Waals surface area contributed by atoms with Crippen LogP contribution < -0.4 is 0 Å². The van der Waals surface area contributed by atoms with Gasteiger partial charge in [0.1, 0.15) is 0 Å². The van der Waals surface area contributed by atoms with Crippen molar-refractivity contribution in [3.05, 3.63) is 0 Å². The first-order valence-electron chi connectivity index (χ1n) is 4.27. The summed E-state index contributed by atoms with van der Waals surface area (Å²) >= 11 is 1.84. The standard InChI is InChI=1S/C9H18N2S/c1-5-9(7-12-4)11(3)8(2)6-10/h8-9H,5,7H2,1-4H3. The third kappa shape index (κ3) is 3.46. The van der Waals surface area contributed by atoms with Gasteiger partial charge in [0.2, 0.25) is 0 Å². The van der Waals surface area contributed by atoms with Crippen molar-refractivity contribution in [3.8, 4) is 6.07 Å². The van der Waals surface area contributed by atoms with Crippen molar-refractivity contribution in [2.75, 3.05) is 19.1 Å². The zero-order valence-electron chi connectivity index (χ0n) is 8.37. The van der Waals surface area contributed by atoms with Gasteiger partial charge in [0.25, 0.3) is 0 Å². The smallest absolute Gasteiger partial charge is 0.0949 e. The van der Waals surface area contributed by atoms with Crippen LogP contribution >= 0.6 is 11.8 Å². The van der Waals surface area contributed by atoms with E-state index in [1.165, 1.54) is 0 Å². The molecule has 0 fully saturated rings. The van der Waals surface area contributed by atoms with Crippen LogP contribution in [0.5, 0.6) is 0 Å². The Morgan fingerprint density at radius 2 is 2.17 bits per heavy atom. The molecule has 0 rings (SSSR count). The van der Waals surface area contributed by atoms with Crippen molar-refractivity contribution in [3.63, 3.8) is 0 Å². The quantitative estimate of drug-likeness (QED) is 0.657. The van der Waals surface area contributed by atoms with Gasteiger partial charge >= 0.3 is 0 Å². The van der Waals surface area contributed by atoms with Crippen LogP contribution in [-0.4, -0.2) is 36.0 Å². The highest BCUT2D eigenvalue weighted by atomic mass is 32.2. The van der Waals surface area contributed by atoms with Gasteiger partial charge in [-0.3, -0.25) is 4.90 Å². The van der Waals surface area contributed by atoms with E-state index in [9.17, 15) is 0 Å². The zero-order chi connectivity index (χ0) is 9.56. The molecule has 0 spiro atoms. The molecule has 0 aromatic rings. The Bertz CT molecular complexity index is 153. The molecule has 0 aliphatic carbocycles. The second-order valence-electron chi connectivity index (χ2n) is 2.99. The summed E-state index contributed by atoms with van der Waals surface area (Å²) in [6.45, 7) is 4.12. The molecule has 0 bridgehead atoms. The van der Waals surface area contributed by atoms with Crippen LogP contribution in [0.4, 0.5) is 0 Å². The van der Waals surface area contributed by atoms with Gasteiger partial charge in [-0.2, -0.15) is 17.0 Å². The van der Waals surface area contributed by atoms with Gasteiger partial charge in [0.15, 0.2) is 0 Å². The van der Waals surface area contributed by atoms with Crippen LogP contribution in [0.25, 0.3) is 0 Å². The molecule has 0 aromatic carbocycles. The second-order valence-corrected chi connectivity index (χ2v) is 3.90. The molecule has 0 aliphatic heterocycles. The number of rotatable bonds is 5. The number of hydrogen-bond donors (Lipinski definition) is 0. The van der Waals surface area contributed by atoms with Gasteiger partial charge in [-0.15, -0.1) is 0 Å². The van der Waals surface area contributed by atoms with Crippen molar-refractivity contribution >= 4 is 11.8 Å². The number of nitrogens with zero attached hydrogens (tertiary/aromatic N) is 2. The third-order valence-electron chi connectivity index (χ3n) is 2.20. The van der Waals surface area contributed by atoms with Crippen molar-refractivity contribution in [1.82, 2.24) is 4.90 Å². The lowest BCUT2D eigenvalue weighted by atomic mass is 10.2. The van der Waals surface area contributed by atoms with Crippen molar-refractivity contribution in [1.29, 1.82) is 5.26 Å². The largest absolute Gasteiger partial charge is 0.288 e. The lowest BCUT2D eigenvalue weighted by molar-refractivity contribution is 0.229. The van der Waals surface area contributed by atoms with E-state index in [0.717, 1.165) is 12.2 Å². The molecule has 0 aromatic heterocycles. The minimum Gasteiger partial charge on any atom is -0.288 e. The summed E-state index contributed by atoms with van der Waals surface area (Å²) in [6, 6.07) is 2.82. The predicted octanol–water partition coefficient (Wildman–Crippen LogP) is 1.97. The van der Waals surface area contributed by atoms with E-state index < -0.39 is 0 Å². The maximum atomic E-state index is 8.72. The van der Waals surface area contributed by atoms with Crippen LogP contribution in [0.1, 0.15) is 20.3 Å². The lowest BCUT2D eigenvalue weighted by Crippen LogP contribution is -2.39. The van der Waals surface area contributed by atoms with E-state index in [0.29, 0.717) is 6.04 Å². The molecular formula is C9H18N2S. The predicted molar refractivity (Wildman–Crippen MR) is 55.3 cm³/mol. The zero-order valence-corrected chi connectivity index (χ0v) is 9.19.